The molecular weight excluding hydrogens is 300 g/mol. The van der Waals surface area contributed by atoms with Gasteiger partial charge in [0.25, 0.3) is 0 Å². The van der Waals surface area contributed by atoms with Gasteiger partial charge in [0.05, 0.1) is 32.0 Å². The number of aryl methyl sites for hydroxylation is 1. The number of unbranched alkanes of at least 4 members (excludes halogenated alkanes) is 5. The molecule has 2 fully saturated rings. The van der Waals surface area contributed by atoms with Crippen LogP contribution in [0.2, 0.25) is 0 Å². The summed E-state index contributed by atoms with van der Waals surface area (Å²) in [7, 11) is 0. The molecule has 3 atom stereocenters. The van der Waals surface area contributed by atoms with E-state index in [0.717, 1.165) is 38.4 Å². The van der Waals surface area contributed by atoms with Crippen LogP contribution in [-0.2, 0) is 15.9 Å². The van der Waals surface area contributed by atoms with Gasteiger partial charge in [-0.05, 0) is 37.0 Å². The number of rotatable bonds is 13. The minimum atomic E-state index is 0.379. The molecule has 133 valence electrons. The lowest BCUT2D eigenvalue weighted by Gasteiger charge is -2.17. The van der Waals surface area contributed by atoms with Gasteiger partial charge in [-0.1, -0.05) is 51.2 Å². The number of epoxide rings is 2. The summed E-state index contributed by atoms with van der Waals surface area (Å²) in [5.41, 5.74) is 1.32. The predicted molar refractivity (Wildman–Crippen MR) is 95.4 cm³/mol. The van der Waals surface area contributed by atoms with E-state index in [-0.39, 0.29) is 0 Å². The zero-order chi connectivity index (χ0) is 16.6. The molecule has 3 heteroatoms. The van der Waals surface area contributed by atoms with Gasteiger partial charge in [0, 0.05) is 5.92 Å². The molecule has 1 aromatic rings. The van der Waals surface area contributed by atoms with Crippen molar-refractivity contribution in [3.8, 4) is 5.75 Å². The molecule has 2 heterocycles. The first-order valence-corrected chi connectivity index (χ1v) is 9.71. The molecule has 0 spiro atoms. The van der Waals surface area contributed by atoms with E-state index in [2.05, 4.69) is 19.1 Å². The molecule has 2 saturated heterocycles. The molecule has 0 aromatic heterocycles. The van der Waals surface area contributed by atoms with Crippen LogP contribution in [0.5, 0.6) is 5.75 Å². The molecule has 2 aliphatic rings. The fraction of sp³-hybridized carbons (Fsp3) is 0.714. The summed E-state index contributed by atoms with van der Waals surface area (Å²) >= 11 is 0. The second kappa shape index (κ2) is 9.43. The Morgan fingerprint density at radius 3 is 2.71 bits per heavy atom. The quantitative estimate of drug-likeness (QED) is 0.392. The van der Waals surface area contributed by atoms with E-state index in [0.29, 0.717) is 18.1 Å². The number of benzene rings is 1. The lowest BCUT2D eigenvalue weighted by Crippen LogP contribution is -2.20. The first-order valence-electron chi connectivity index (χ1n) is 9.71. The standard InChI is InChI=1S/C21H31O3/c1-2-3-4-5-6-7-10-17-11-8-9-12-20(17)23-14-18(21-16-24-21)13-19-15-22-19/h8,11-12,18-19,21H,2-7,10,13-16H2,1H3. The molecule has 3 rings (SSSR count). The maximum absolute atomic E-state index is 6.16. The van der Waals surface area contributed by atoms with Crippen molar-refractivity contribution < 1.29 is 14.2 Å². The Hall–Kier alpha value is -1.06. The van der Waals surface area contributed by atoms with E-state index in [1.807, 2.05) is 12.1 Å². The van der Waals surface area contributed by atoms with Crippen LogP contribution in [0, 0.1) is 12.0 Å². The van der Waals surface area contributed by atoms with Crippen molar-refractivity contribution in [2.75, 3.05) is 19.8 Å². The van der Waals surface area contributed by atoms with Crippen molar-refractivity contribution in [3.05, 3.63) is 29.8 Å². The summed E-state index contributed by atoms with van der Waals surface area (Å²) in [5.74, 6) is 1.47. The van der Waals surface area contributed by atoms with Gasteiger partial charge in [-0.15, -0.1) is 0 Å². The van der Waals surface area contributed by atoms with Crippen LogP contribution in [-0.4, -0.2) is 32.0 Å². The van der Waals surface area contributed by atoms with Gasteiger partial charge in [0.1, 0.15) is 5.75 Å². The molecule has 0 aliphatic carbocycles. The first-order chi connectivity index (χ1) is 11.9. The summed E-state index contributed by atoms with van der Waals surface area (Å²) in [4.78, 5) is 0. The fourth-order valence-electron chi connectivity index (χ4n) is 3.28. The minimum absolute atomic E-state index is 0.379. The van der Waals surface area contributed by atoms with E-state index in [4.69, 9.17) is 14.2 Å². The first kappa shape index (κ1) is 17.8. The molecule has 2 aliphatic heterocycles. The van der Waals surface area contributed by atoms with Crippen LogP contribution < -0.4 is 4.74 Å². The summed E-state index contributed by atoms with van der Waals surface area (Å²) in [5, 5.41) is 0. The topological polar surface area (TPSA) is 34.3 Å². The minimum Gasteiger partial charge on any atom is -0.493 e. The zero-order valence-electron chi connectivity index (χ0n) is 15.0. The average Bonchev–Trinajstić information content (AvgIpc) is 3.48. The summed E-state index contributed by atoms with van der Waals surface area (Å²) in [6, 6.07) is 9.31. The molecule has 1 aromatic carbocycles. The largest absolute Gasteiger partial charge is 0.493 e. The molecule has 1 radical (unpaired) electrons. The predicted octanol–water partition coefficient (Wildman–Crippen LogP) is 4.57. The normalized spacial score (nSPS) is 23.0. The van der Waals surface area contributed by atoms with Crippen LogP contribution in [0.1, 0.15) is 57.4 Å². The number of hydrogen-bond acceptors (Lipinski definition) is 3. The fourth-order valence-corrected chi connectivity index (χ4v) is 3.28. The molecule has 3 nitrogen and oxygen atoms in total. The van der Waals surface area contributed by atoms with Crippen molar-refractivity contribution in [3.63, 3.8) is 0 Å². The maximum Gasteiger partial charge on any atom is 0.123 e. The van der Waals surface area contributed by atoms with Gasteiger partial charge in [0.15, 0.2) is 0 Å². The van der Waals surface area contributed by atoms with Crippen molar-refractivity contribution in [1.82, 2.24) is 0 Å². The smallest absolute Gasteiger partial charge is 0.123 e. The molecule has 0 amide bonds. The summed E-state index contributed by atoms with van der Waals surface area (Å²) < 4.78 is 17.0. The van der Waals surface area contributed by atoms with Crippen molar-refractivity contribution in [1.29, 1.82) is 0 Å². The Morgan fingerprint density at radius 2 is 1.96 bits per heavy atom. The van der Waals surface area contributed by atoms with Crippen molar-refractivity contribution in [2.24, 2.45) is 5.92 Å². The van der Waals surface area contributed by atoms with Gasteiger partial charge < -0.3 is 14.2 Å². The van der Waals surface area contributed by atoms with Gasteiger partial charge in [0.2, 0.25) is 0 Å². The van der Waals surface area contributed by atoms with E-state index in [1.165, 1.54) is 44.1 Å². The van der Waals surface area contributed by atoms with E-state index in [9.17, 15) is 0 Å². The van der Waals surface area contributed by atoms with E-state index in [1.54, 1.807) is 0 Å². The lowest BCUT2D eigenvalue weighted by molar-refractivity contribution is 0.189. The third kappa shape index (κ3) is 6.10. The van der Waals surface area contributed by atoms with Crippen molar-refractivity contribution >= 4 is 0 Å². The van der Waals surface area contributed by atoms with E-state index >= 15 is 0 Å². The third-order valence-corrected chi connectivity index (χ3v) is 5.02. The third-order valence-electron chi connectivity index (χ3n) is 5.02. The van der Waals surface area contributed by atoms with Gasteiger partial charge in [-0.3, -0.25) is 0 Å². The van der Waals surface area contributed by atoms with Gasteiger partial charge in [-0.25, -0.2) is 0 Å². The summed E-state index contributed by atoms with van der Waals surface area (Å²) in [6.07, 6.45) is 10.9. The highest BCUT2D eigenvalue weighted by Crippen LogP contribution is 2.30. The molecule has 24 heavy (non-hydrogen) atoms. The molecule has 3 unspecified atom stereocenters. The van der Waals surface area contributed by atoms with Crippen molar-refractivity contribution in [2.45, 2.75) is 70.5 Å². The van der Waals surface area contributed by atoms with Crippen LogP contribution in [0.15, 0.2) is 18.2 Å². The van der Waals surface area contributed by atoms with Gasteiger partial charge in [-0.2, -0.15) is 0 Å². The van der Waals surface area contributed by atoms with E-state index < -0.39 is 0 Å². The lowest BCUT2D eigenvalue weighted by atomic mass is 10.0. The molecule has 0 bridgehead atoms. The zero-order valence-corrected chi connectivity index (χ0v) is 15.0. The number of hydrogen-bond donors (Lipinski definition) is 0. The molecule has 0 saturated carbocycles. The Kier molecular flexibility index (Phi) is 6.98. The van der Waals surface area contributed by atoms with Crippen LogP contribution >= 0.6 is 0 Å². The second-order valence-electron chi connectivity index (χ2n) is 7.19. The molecule has 0 N–H and O–H groups in total. The van der Waals surface area contributed by atoms with Crippen LogP contribution in [0.4, 0.5) is 0 Å². The van der Waals surface area contributed by atoms with Crippen LogP contribution in [0.25, 0.3) is 0 Å². The second-order valence-corrected chi connectivity index (χ2v) is 7.19. The SMILES string of the molecule is CCCCCCCCc1cc[c]cc1OCC(CC1CO1)C1CO1. The Labute approximate surface area is 146 Å². The van der Waals surface area contributed by atoms with Crippen LogP contribution in [0.3, 0.4) is 0 Å². The Bertz CT molecular complexity index is 480. The average molecular weight is 331 g/mol. The monoisotopic (exact) mass is 331 g/mol. The highest BCUT2D eigenvalue weighted by atomic mass is 16.6. The highest BCUT2D eigenvalue weighted by Gasteiger charge is 2.38. The van der Waals surface area contributed by atoms with Gasteiger partial charge >= 0.3 is 0 Å². The summed E-state index contributed by atoms with van der Waals surface area (Å²) in [6.45, 7) is 4.78. The Morgan fingerprint density at radius 1 is 1.17 bits per heavy atom. The Balaban J connectivity index is 1.42. The highest BCUT2D eigenvalue weighted by molar-refractivity contribution is 5.32. The molecular formula is C21H31O3. The maximum atomic E-state index is 6.16. The number of ether oxygens (including phenoxy) is 3.